The highest BCUT2D eigenvalue weighted by Gasteiger charge is 2.40. The number of methoxy groups -OCH3 is 1. The van der Waals surface area contributed by atoms with Gasteiger partial charge in [-0.3, -0.25) is 4.79 Å². The van der Waals surface area contributed by atoms with Gasteiger partial charge in [0.25, 0.3) is 0 Å². The van der Waals surface area contributed by atoms with Gasteiger partial charge in [-0.2, -0.15) is 0 Å². The molecule has 0 radical (unpaired) electrons. The van der Waals surface area contributed by atoms with Crippen LogP contribution in [-0.4, -0.2) is 38.7 Å². The Balaban J connectivity index is 1.98. The second-order valence-corrected chi connectivity index (χ2v) is 6.12. The van der Waals surface area contributed by atoms with Crippen LogP contribution in [0.4, 0.5) is 5.69 Å². The molecule has 22 heavy (non-hydrogen) atoms. The third kappa shape index (κ3) is 1.83. The zero-order valence-electron chi connectivity index (χ0n) is 12.8. The lowest BCUT2D eigenvalue weighted by Crippen LogP contribution is -2.37. The fourth-order valence-corrected chi connectivity index (χ4v) is 3.86. The average molecular weight is 297 g/mol. The number of rotatable bonds is 3. The summed E-state index contributed by atoms with van der Waals surface area (Å²) in [4.78, 5) is 14.2. The molecule has 2 unspecified atom stereocenters. The van der Waals surface area contributed by atoms with Gasteiger partial charge in [0.2, 0.25) is 0 Å². The number of benzene rings is 2. The van der Waals surface area contributed by atoms with Gasteiger partial charge in [-0.25, -0.2) is 0 Å². The van der Waals surface area contributed by atoms with Gasteiger partial charge in [0.15, 0.2) is 6.29 Å². The Morgan fingerprint density at radius 3 is 2.91 bits per heavy atom. The van der Waals surface area contributed by atoms with E-state index < -0.39 is 0 Å². The molecule has 2 aliphatic rings. The SMILES string of the molecule is COc1cc(N2CC3CC2CO3)c(C=O)c2c(C)cccc12. The van der Waals surface area contributed by atoms with Crippen LogP contribution in [0, 0.1) is 6.92 Å². The highest BCUT2D eigenvalue weighted by Crippen LogP contribution is 2.41. The molecule has 2 aliphatic heterocycles. The molecule has 2 atom stereocenters. The number of hydrogen-bond acceptors (Lipinski definition) is 4. The second-order valence-electron chi connectivity index (χ2n) is 6.12. The summed E-state index contributed by atoms with van der Waals surface area (Å²) in [5, 5.41) is 1.99. The molecule has 2 saturated heterocycles. The monoisotopic (exact) mass is 297 g/mol. The van der Waals surface area contributed by atoms with Gasteiger partial charge < -0.3 is 14.4 Å². The lowest BCUT2D eigenvalue weighted by atomic mass is 9.97. The van der Waals surface area contributed by atoms with Crippen LogP contribution in [0.3, 0.4) is 0 Å². The van der Waals surface area contributed by atoms with E-state index in [0.29, 0.717) is 12.1 Å². The highest BCUT2D eigenvalue weighted by molar-refractivity contribution is 6.08. The van der Waals surface area contributed by atoms with Crippen LogP contribution in [0.5, 0.6) is 5.75 Å². The minimum Gasteiger partial charge on any atom is -0.496 e. The number of fused-ring (bicyclic) bond motifs is 3. The molecule has 2 aromatic carbocycles. The molecule has 4 heteroatoms. The number of carbonyl (C=O) groups excluding carboxylic acids is 1. The molecule has 2 bridgehead atoms. The van der Waals surface area contributed by atoms with Crippen LogP contribution in [0.25, 0.3) is 10.8 Å². The van der Waals surface area contributed by atoms with Crippen LogP contribution in [0.2, 0.25) is 0 Å². The first-order valence-corrected chi connectivity index (χ1v) is 7.66. The number of carbonyl (C=O) groups is 1. The Labute approximate surface area is 129 Å². The summed E-state index contributed by atoms with van der Waals surface area (Å²) < 4.78 is 11.3. The van der Waals surface area contributed by atoms with E-state index in [9.17, 15) is 4.79 Å². The van der Waals surface area contributed by atoms with Crippen molar-refractivity contribution >= 4 is 22.7 Å². The third-order valence-electron chi connectivity index (χ3n) is 4.90. The molecule has 4 rings (SSSR count). The first kappa shape index (κ1) is 13.6. The van der Waals surface area contributed by atoms with Crippen molar-refractivity contribution < 1.29 is 14.3 Å². The molecular weight excluding hydrogens is 278 g/mol. The van der Waals surface area contributed by atoms with Gasteiger partial charge in [-0.05, 0) is 18.9 Å². The van der Waals surface area contributed by atoms with Crippen LogP contribution in [-0.2, 0) is 4.74 Å². The number of morpholine rings is 1. The van der Waals surface area contributed by atoms with Crippen LogP contribution >= 0.6 is 0 Å². The molecule has 4 nitrogen and oxygen atoms in total. The van der Waals surface area contributed by atoms with Crippen molar-refractivity contribution in [2.24, 2.45) is 0 Å². The normalized spacial score (nSPS) is 23.3. The molecule has 2 heterocycles. The number of ether oxygens (including phenoxy) is 2. The summed E-state index contributed by atoms with van der Waals surface area (Å²) in [5.74, 6) is 0.822. The summed E-state index contributed by atoms with van der Waals surface area (Å²) in [7, 11) is 1.68. The Kier molecular flexibility index (Phi) is 3.08. The summed E-state index contributed by atoms with van der Waals surface area (Å²) in [5.41, 5.74) is 2.84. The zero-order chi connectivity index (χ0) is 15.3. The van der Waals surface area contributed by atoms with Gasteiger partial charge in [0.1, 0.15) is 5.75 Å². The van der Waals surface area contributed by atoms with E-state index in [0.717, 1.165) is 59.2 Å². The van der Waals surface area contributed by atoms with E-state index in [2.05, 4.69) is 4.90 Å². The molecule has 0 amide bonds. The minimum atomic E-state index is 0.295. The van der Waals surface area contributed by atoms with Crippen molar-refractivity contribution in [3.8, 4) is 5.75 Å². The van der Waals surface area contributed by atoms with Crippen molar-refractivity contribution in [2.45, 2.75) is 25.5 Å². The third-order valence-corrected chi connectivity index (χ3v) is 4.90. The molecule has 114 valence electrons. The van der Waals surface area contributed by atoms with Crippen LogP contribution in [0.1, 0.15) is 22.3 Å². The Bertz CT molecular complexity index is 756. The predicted molar refractivity (Wildman–Crippen MR) is 86.1 cm³/mol. The molecule has 0 spiro atoms. The summed E-state index contributed by atoms with van der Waals surface area (Å²) in [6, 6.07) is 8.43. The Hall–Kier alpha value is -2.07. The fraction of sp³-hybridized carbons (Fsp3) is 0.389. The lowest BCUT2D eigenvalue weighted by Gasteiger charge is -2.31. The van der Waals surface area contributed by atoms with E-state index >= 15 is 0 Å². The first-order chi connectivity index (χ1) is 10.7. The minimum absolute atomic E-state index is 0.295. The van der Waals surface area contributed by atoms with Gasteiger partial charge in [-0.1, -0.05) is 18.2 Å². The van der Waals surface area contributed by atoms with Crippen LogP contribution in [0.15, 0.2) is 24.3 Å². The maximum Gasteiger partial charge on any atom is 0.152 e. The molecule has 2 fully saturated rings. The van der Waals surface area contributed by atoms with E-state index in [1.807, 2.05) is 31.2 Å². The number of aldehydes is 1. The summed E-state index contributed by atoms with van der Waals surface area (Å²) >= 11 is 0. The molecule has 0 aromatic heterocycles. The fourth-order valence-electron chi connectivity index (χ4n) is 3.86. The van der Waals surface area contributed by atoms with E-state index in [1.54, 1.807) is 7.11 Å². The van der Waals surface area contributed by atoms with Gasteiger partial charge in [0, 0.05) is 28.9 Å². The molecule has 0 N–H and O–H groups in total. The predicted octanol–water partition coefficient (Wildman–Crippen LogP) is 2.95. The quantitative estimate of drug-likeness (QED) is 0.817. The number of anilines is 1. The molecule has 0 saturated carbocycles. The van der Waals surface area contributed by atoms with E-state index in [-0.39, 0.29) is 0 Å². The van der Waals surface area contributed by atoms with Crippen molar-refractivity contribution in [1.29, 1.82) is 0 Å². The number of nitrogens with zero attached hydrogens (tertiary/aromatic N) is 1. The topological polar surface area (TPSA) is 38.8 Å². The maximum absolute atomic E-state index is 11.9. The lowest BCUT2D eigenvalue weighted by molar-refractivity contribution is 0.0988. The van der Waals surface area contributed by atoms with E-state index in [4.69, 9.17) is 9.47 Å². The molecular formula is C18H19NO3. The van der Waals surface area contributed by atoms with Crippen molar-refractivity contribution in [2.75, 3.05) is 25.2 Å². The Morgan fingerprint density at radius 1 is 1.41 bits per heavy atom. The largest absolute Gasteiger partial charge is 0.496 e. The summed E-state index contributed by atoms with van der Waals surface area (Å²) in [6.45, 7) is 3.64. The zero-order valence-corrected chi connectivity index (χ0v) is 12.8. The van der Waals surface area contributed by atoms with E-state index in [1.165, 1.54) is 0 Å². The standard InChI is InChI=1S/C18H19NO3/c1-11-4-3-5-14-17(21-2)7-16(15(9-20)18(11)14)19-8-13-6-12(19)10-22-13/h3-5,7,9,12-13H,6,8,10H2,1-2H3. The molecule has 2 aromatic rings. The smallest absolute Gasteiger partial charge is 0.152 e. The number of hydrogen-bond donors (Lipinski definition) is 0. The average Bonchev–Trinajstić information content (AvgIpc) is 3.16. The maximum atomic E-state index is 11.9. The van der Waals surface area contributed by atoms with Gasteiger partial charge in [0.05, 0.1) is 31.5 Å². The first-order valence-electron chi connectivity index (χ1n) is 7.66. The van der Waals surface area contributed by atoms with Gasteiger partial charge in [-0.15, -0.1) is 0 Å². The van der Waals surface area contributed by atoms with Crippen LogP contribution < -0.4 is 9.64 Å². The number of aryl methyl sites for hydroxylation is 1. The van der Waals surface area contributed by atoms with Crippen molar-refractivity contribution in [3.05, 3.63) is 35.4 Å². The summed E-state index contributed by atoms with van der Waals surface area (Å²) in [6.07, 6.45) is 2.33. The Morgan fingerprint density at radius 2 is 2.27 bits per heavy atom. The van der Waals surface area contributed by atoms with Crippen molar-refractivity contribution in [1.82, 2.24) is 0 Å². The van der Waals surface area contributed by atoms with Crippen molar-refractivity contribution in [3.63, 3.8) is 0 Å². The second kappa shape index (κ2) is 4.99. The highest BCUT2D eigenvalue weighted by atomic mass is 16.5. The van der Waals surface area contributed by atoms with Gasteiger partial charge >= 0.3 is 0 Å². The molecule has 0 aliphatic carbocycles.